The summed E-state index contributed by atoms with van der Waals surface area (Å²) in [5.74, 6) is -1.40. The number of fused-ring (bicyclic) bond motifs is 1. The minimum absolute atomic E-state index is 0.119. The van der Waals surface area contributed by atoms with E-state index in [0.717, 1.165) is 4.90 Å². The fraction of sp³-hybridized carbons (Fsp3) is 0.286. The van der Waals surface area contributed by atoms with E-state index in [0.29, 0.717) is 27.7 Å². The lowest BCUT2D eigenvalue weighted by atomic mass is 10.0. The van der Waals surface area contributed by atoms with Crippen molar-refractivity contribution in [2.45, 2.75) is 22.5 Å². The van der Waals surface area contributed by atoms with Crippen LogP contribution in [0, 0.1) is 0 Å². The molecule has 1 fully saturated rings. The molecule has 0 spiro atoms. The van der Waals surface area contributed by atoms with Gasteiger partial charge >= 0.3 is 5.97 Å². The van der Waals surface area contributed by atoms with Crippen LogP contribution in [0.15, 0.2) is 57.5 Å². The van der Waals surface area contributed by atoms with Gasteiger partial charge in [-0.1, -0.05) is 12.1 Å². The standard InChI is InChI=1S/C21H20N4O7S2/c1-32-12-4-2-10(3-5-12)17(27)18(28)22-15-19(29)25-16(21(30)31)11(9-34-20(15)25)8-33-14-7-6-13(26)23-24-14/h2-7,15,17,20,27H,8-9H2,1H3,(H,22,28)(H,23,26)(H,30,31)/t15?,17-,20-/m1/s1. The van der Waals surface area contributed by atoms with Crippen molar-refractivity contribution < 1.29 is 29.3 Å². The first kappa shape index (κ1) is 23.9. The van der Waals surface area contributed by atoms with E-state index in [1.54, 1.807) is 24.3 Å². The molecule has 13 heteroatoms. The number of thioether (sulfide) groups is 2. The van der Waals surface area contributed by atoms with Crippen LogP contribution in [0.3, 0.4) is 0 Å². The average Bonchev–Trinajstić information content (AvgIpc) is 2.85. The number of carboxylic acids is 1. The molecule has 0 radical (unpaired) electrons. The van der Waals surface area contributed by atoms with Gasteiger partial charge < -0.3 is 20.3 Å². The summed E-state index contributed by atoms with van der Waals surface area (Å²) in [5.41, 5.74) is 0.400. The molecule has 3 atom stereocenters. The zero-order valence-corrected chi connectivity index (χ0v) is 19.4. The van der Waals surface area contributed by atoms with Crippen LogP contribution in [0.5, 0.6) is 5.75 Å². The Labute approximate surface area is 201 Å². The predicted octanol–water partition coefficient (Wildman–Crippen LogP) is 0.343. The molecule has 2 aliphatic rings. The highest BCUT2D eigenvalue weighted by Crippen LogP contribution is 2.41. The van der Waals surface area contributed by atoms with E-state index in [-0.39, 0.29) is 17.0 Å². The number of carboxylic acid groups (broad SMARTS) is 1. The number of rotatable bonds is 8. The maximum Gasteiger partial charge on any atom is 0.352 e. The van der Waals surface area contributed by atoms with Gasteiger partial charge in [0.2, 0.25) is 0 Å². The fourth-order valence-corrected chi connectivity index (χ4v) is 5.85. The Morgan fingerprint density at radius 2 is 2.03 bits per heavy atom. The summed E-state index contributed by atoms with van der Waals surface area (Å²) in [6.07, 6.45) is -1.49. The van der Waals surface area contributed by atoms with Crippen molar-refractivity contribution in [2.75, 3.05) is 18.6 Å². The number of benzene rings is 1. The normalized spacial score (nSPS) is 20.3. The number of methoxy groups -OCH3 is 1. The summed E-state index contributed by atoms with van der Waals surface area (Å²) in [6, 6.07) is 8.18. The zero-order valence-electron chi connectivity index (χ0n) is 17.8. The molecule has 2 aliphatic heterocycles. The number of hydrogen-bond donors (Lipinski definition) is 4. The molecule has 0 bridgehead atoms. The van der Waals surface area contributed by atoms with Gasteiger partial charge in [0.15, 0.2) is 6.10 Å². The molecule has 2 aromatic rings. The Morgan fingerprint density at radius 1 is 1.29 bits per heavy atom. The number of hydrogen-bond acceptors (Lipinski definition) is 9. The van der Waals surface area contributed by atoms with Crippen LogP contribution in [0.1, 0.15) is 11.7 Å². The maximum absolute atomic E-state index is 12.8. The third kappa shape index (κ3) is 4.67. The lowest BCUT2D eigenvalue weighted by molar-refractivity contribution is -0.151. The fourth-order valence-electron chi connectivity index (χ4n) is 3.54. The molecule has 0 saturated carbocycles. The molecule has 1 aromatic heterocycles. The van der Waals surface area contributed by atoms with Crippen LogP contribution in [0.4, 0.5) is 0 Å². The molecule has 1 aromatic carbocycles. The highest BCUT2D eigenvalue weighted by Gasteiger charge is 2.54. The van der Waals surface area contributed by atoms with E-state index in [9.17, 15) is 29.4 Å². The lowest BCUT2D eigenvalue weighted by Gasteiger charge is -2.49. The van der Waals surface area contributed by atoms with Gasteiger partial charge in [-0.3, -0.25) is 19.3 Å². The van der Waals surface area contributed by atoms with Gasteiger partial charge in [-0.2, -0.15) is 5.10 Å². The number of aromatic amines is 1. The summed E-state index contributed by atoms with van der Waals surface area (Å²) in [5, 5.41) is 28.8. The van der Waals surface area contributed by atoms with Crippen LogP contribution in [0.25, 0.3) is 0 Å². The van der Waals surface area contributed by atoms with Gasteiger partial charge in [-0.15, -0.1) is 23.5 Å². The average molecular weight is 505 g/mol. The maximum atomic E-state index is 12.8. The number of amides is 2. The molecule has 3 heterocycles. The summed E-state index contributed by atoms with van der Waals surface area (Å²) in [6.45, 7) is 0. The Morgan fingerprint density at radius 3 is 2.65 bits per heavy atom. The van der Waals surface area contributed by atoms with Crippen LogP contribution < -0.4 is 15.6 Å². The van der Waals surface area contributed by atoms with Crippen LogP contribution >= 0.6 is 23.5 Å². The van der Waals surface area contributed by atoms with E-state index in [2.05, 4.69) is 15.5 Å². The number of aliphatic hydroxyl groups is 1. The molecule has 11 nitrogen and oxygen atoms in total. The smallest absolute Gasteiger partial charge is 0.352 e. The molecule has 178 valence electrons. The Balaban J connectivity index is 1.44. The molecular formula is C21H20N4O7S2. The first-order valence-corrected chi connectivity index (χ1v) is 12.0. The van der Waals surface area contributed by atoms with Gasteiger partial charge in [0.05, 0.1) is 7.11 Å². The number of H-pyrrole nitrogens is 1. The van der Waals surface area contributed by atoms with Crippen molar-refractivity contribution in [2.24, 2.45) is 0 Å². The van der Waals surface area contributed by atoms with E-state index in [1.807, 2.05) is 0 Å². The number of aliphatic carboxylic acids is 1. The van der Waals surface area contributed by atoms with Crippen molar-refractivity contribution in [1.82, 2.24) is 20.4 Å². The highest BCUT2D eigenvalue weighted by atomic mass is 32.2. The molecule has 2 amide bonds. The van der Waals surface area contributed by atoms with Crippen molar-refractivity contribution in [1.29, 1.82) is 0 Å². The Hall–Kier alpha value is -3.29. The molecule has 1 unspecified atom stereocenters. The van der Waals surface area contributed by atoms with Gasteiger partial charge in [0, 0.05) is 17.6 Å². The SMILES string of the molecule is COc1ccc([C@@H](O)C(=O)NC2C(=O)N3C(C(=O)O)=C(CSc4ccc(=O)[nH]n4)CS[C@H]23)cc1. The van der Waals surface area contributed by atoms with Gasteiger partial charge in [0.1, 0.15) is 27.9 Å². The topological polar surface area (TPSA) is 162 Å². The number of carbonyl (C=O) groups is 3. The second-order valence-electron chi connectivity index (χ2n) is 7.38. The number of aromatic nitrogens is 2. The number of β-lactam (4-membered cyclic amide) rings is 1. The zero-order chi connectivity index (χ0) is 24.4. The number of aliphatic hydroxyl groups excluding tert-OH is 1. The van der Waals surface area contributed by atoms with E-state index in [4.69, 9.17) is 4.74 Å². The van der Waals surface area contributed by atoms with Crippen molar-refractivity contribution in [3.8, 4) is 5.75 Å². The molecule has 0 aliphatic carbocycles. The minimum Gasteiger partial charge on any atom is -0.497 e. The molecule has 1 saturated heterocycles. The number of nitrogens with zero attached hydrogens (tertiary/aromatic N) is 2. The Bertz CT molecular complexity index is 1190. The van der Waals surface area contributed by atoms with E-state index < -0.39 is 35.3 Å². The largest absolute Gasteiger partial charge is 0.497 e. The first-order chi connectivity index (χ1) is 16.3. The minimum atomic E-state index is -1.49. The van der Waals surface area contributed by atoms with Crippen LogP contribution in [-0.4, -0.2) is 73.1 Å². The molecule has 4 rings (SSSR count). The van der Waals surface area contributed by atoms with Crippen molar-refractivity contribution in [3.63, 3.8) is 0 Å². The van der Waals surface area contributed by atoms with E-state index >= 15 is 0 Å². The second kappa shape index (κ2) is 9.91. The number of carbonyl (C=O) groups excluding carboxylic acids is 2. The third-order valence-corrected chi connectivity index (χ3v) is 7.63. The van der Waals surface area contributed by atoms with Gasteiger partial charge in [-0.25, -0.2) is 9.89 Å². The van der Waals surface area contributed by atoms with Crippen LogP contribution in [-0.2, 0) is 14.4 Å². The molecule has 4 N–H and O–H groups in total. The highest BCUT2D eigenvalue weighted by molar-refractivity contribution is 8.01. The van der Waals surface area contributed by atoms with Crippen molar-refractivity contribution in [3.05, 3.63) is 63.6 Å². The van der Waals surface area contributed by atoms with Crippen LogP contribution in [0.2, 0.25) is 0 Å². The summed E-state index contributed by atoms with van der Waals surface area (Å²) in [7, 11) is 1.50. The van der Waals surface area contributed by atoms with E-state index in [1.165, 1.54) is 42.8 Å². The molecular weight excluding hydrogens is 484 g/mol. The third-order valence-electron chi connectivity index (χ3n) is 5.28. The first-order valence-electron chi connectivity index (χ1n) is 10.0. The Kier molecular flexibility index (Phi) is 6.95. The van der Waals surface area contributed by atoms with Crippen molar-refractivity contribution >= 4 is 41.3 Å². The number of ether oxygens (including phenoxy) is 1. The quantitative estimate of drug-likeness (QED) is 0.291. The predicted molar refractivity (Wildman–Crippen MR) is 123 cm³/mol. The molecule has 34 heavy (non-hydrogen) atoms. The summed E-state index contributed by atoms with van der Waals surface area (Å²) in [4.78, 5) is 49.6. The lowest BCUT2D eigenvalue weighted by Crippen LogP contribution is -2.70. The number of nitrogens with one attached hydrogen (secondary N) is 2. The summed E-state index contributed by atoms with van der Waals surface area (Å²) < 4.78 is 5.05. The van der Waals surface area contributed by atoms with Gasteiger partial charge in [0.25, 0.3) is 17.4 Å². The summed E-state index contributed by atoms with van der Waals surface area (Å²) >= 11 is 2.56. The monoisotopic (exact) mass is 504 g/mol. The second-order valence-corrected chi connectivity index (χ2v) is 9.48. The van der Waals surface area contributed by atoms with Gasteiger partial charge in [-0.05, 0) is 29.3 Å².